The number of rotatable bonds is 2. The monoisotopic (exact) mass is 235 g/mol. The standard InChI is InChI=1S/C11H17N5O/c1-7-6-9(12)15-11(14-7)16-4-2-8(3-5-16)10(13)17/h6,8H,2-5H2,1H3,(H2,13,17)(H2,12,14,15). The summed E-state index contributed by atoms with van der Waals surface area (Å²) in [4.78, 5) is 21.7. The highest BCUT2D eigenvalue weighted by atomic mass is 16.1. The molecule has 0 atom stereocenters. The van der Waals surface area contributed by atoms with Gasteiger partial charge in [-0.15, -0.1) is 0 Å². The van der Waals surface area contributed by atoms with Gasteiger partial charge in [-0.3, -0.25) is 4.79 Å². The largest absolute Gasteiger partial charge is 0.384 e. The highest BCUT2D eigenvalue weighted by Crippen LogP contribution is 2.21. The fourth-order valence-corrected chi connectivity index (χ4v) is 2.08. The zero-order chi connectivity index (χ0) is 12.4. The van der Waals surface area contributed by atoms with E-state index >= 15 is 0 Å². The van der Waals surface area contributed by atoms with Crippen LogP contribution in [0, 0.1) is 12.8 Å². The van der Waals surface area contributed by atoms with E-state index in [1.807, 2.05) is 11.8 Å². The third-order valence-electron chi connectivity index (χ3n) is 3.04. The summed E-state index contributed by atoms with van der Waals surface area (Å²) in [7, 11) is 0. The van der Waals surface area contributed by atoms with Crippen LogP contribution >= 0.6 is 0 Å². The normalized spacial score (nSPS) is 17.1. The molecular weight excluding hydrogens is 218 g/mol. The van der Waals surface area contributed by atoms with E-state index in [2.05, 4.69) is 9.97 Å². The first-order chi connectivity index (χ1) is 8.06. The maximum absolute atomic E-state index is 11.1. The zero-order valence-electron chi connectivity index (χ0n) is 9.89. The Hall–Kier alpha value is -1.85. The molecule has 6 heteroatoms. The van der Waals surface area contributed by atoms with Gasteiger partial charge in [-0.2, -0.15) is 4.98 Å². The number of nitrogens with two attached hydrogens (primary N) is 2. The molecular formula is C11H17N5O. The smallest absolute Gasteiger partial charge is 0.227 e. The average Bonchev–Trinajstić information content (AvgIpc) is 2.28. The zero-order valence-corrected chi connectivity index (χ0v) is 9.89. The Kier molecular flexibility index (Phi) is 3.12. The lowest BCUT2D eigenvalue weighted by Crippen LogP contribution is -2.39. The van der Waals surface area contributed by atoms with Crippen LogP contribution in [0.1, 0.15) is 18.5 Å². The molecule has 1 saturated heterocycles. The van der Waals surface area contributed by atoms with Crippen molar-refractivity contribution in [3.05, 3.63) is 11.8 Å². The van der Waals surface area contributed by atoms with Gasteiger partial charge in [0.2, 0.25) is 11.9 Å². The number of aryl methyl sites for hydroxylation is 1. The molecule has 17 heavy (non-hydrogen) atoms. The molecule has 0 aliphatic carbocycles. The number of primary amides is 1. The maximum atomic E-state index is 11.1. The third kappa shape index (κ3) is 2.64. The molecule has 2 heterocycles. The van der Waals surface area contributed by atoms with Gasteiger partial charge in [-0.1, -0.05) is 0 Å². The van der Waals surface area contributed by atoms with E-state index in [1.165, 1.54) is 0 Å². The molecule has 2 rings (SSSR count). The van der Waals surface area contributed by atoms with Gasteiger partial charge in [0, 0.05) is 30.8 Å². The number of piperidine rings is 1. The van der Waals surface area contributed by atoms with E-state index in [4.69, 9.17) is 11.5 Å². The number of hydrogen-bond donors (Lipinski definition) is 2. The lowest BCUT2D eigenvalue weighted by atomic mass is 9.96. The number of carbonyl (C=O) groups is 1. The number of nitrogens with zero attached hydrogens (tertiary/aromatic N) is 3. The van der Waals surface area contributed by atoms with Crippen molar-refractivity contribution in [3.8, 4) is 0 Å². The Morgan fingerprint density at radius 3 is 2.59 bits per heavy atom. The van der Waals surface area contributed by atoms with E-state index in [1.54, 1.807) is 6.07 Å². The fourth-order valence-electron chi connectivity index (χ4n) is 2.08. The van der Waals surface area contributed by atoms with Crippen LogP contribution in [0.4, 0.5) is 11.8 Å². The summed E-state index contributed by atoms with van der Waals surface area (Å²) in [6.07, 6.45) is 1.51. The van der Waals surface area contributed by atoms with E-state index in [-0.39, 0.29) is 11.8 Å². The summed E-state index contributed by atoms with van der Waals surface area (Å²) < 4.78 is 0. The molecule has 1 aromatic heterocycles. The highest BCUT2D eigenvalue weighted by molar-refractivity contribution is 5.76. The van der Waals surface area contributed by atoms with Crippen molar-refractivity contribution in [2.45, 2.75) is 19.8 Å². The van der Waals surface area contributed by atoms with Crippen molar-refractivity contribution in [1.29, 1.82) is 0 Å². The molecule has 1 aliphatic heterocycles. The second-order valence-electron chi connectivity index (χ2n) is 4.40. The van der Waals surface area contributed by atoms with Crippen LogP contribution < -0.4 is 16.4 Å². The molecule has 0 bridgehead atoms. The maximum Gasteiger partial charge on any atom is 0.227 e. The summed E-state index contributed by atoms with van der Waals surface area (Å²) in [6, 6.07) is 1.74. The van der Waals surface area contributed by atoms with Crippen molar-refractivity contribution in [2.24, 2.45) is 11.7 Å². The van der Waals surface area contributed by atoms with Crippen LogP contribution in [0.2, 0.25) is 0 Å². The Labute approximate surface area is 100 Å². The van der Waals surface area contributed by atoms with E-state index in [0.29, 0.717) is 11.8 Å². The predicted octanol–water partition coefficient (Wildman–Crippen LogP) is 0.0689. The number of hydrogen-bond acceptors (Lipinski definition) is 5. The summed E-state index contributed by atoms with van der Waals surface area (Å²) >= 11 is 0. The van der Waals surface area contributed by atoms with Gasteiger partial charge in [-0.25, -0.2) is 4.98 Å². The van der Waals surface area contributed by atoms with Crippen molar-refractivity contribution in [2.75, 3.05) is 23.7 Å². The first kappa shape index (κ1) is 11.6. The van der Waals surface area contributed by atoms with Crippen LogP contribution in [-0.2, 0) is 4.79 Å². The lowest BCUT2D eigenvalue weighted by molar-refractivity contribution is -0.122. The average molecular weight is 235 g/mol. The molecule has 0 aromatic carbocycles. The molecule has 6 nitrogen and oxygen atoms in total. The third-order valence-corrected chi connectivity index (χ3v) is 3.04. The number of anilines is 2. The SMILES string of the molecule is Cc1cc(N)nc(N2CCC(C(N)=O)CC2)n1. The van der Waals surface area contributed by atoms with E-state index < -0.39 is 0 Å². The first-order valence-electron chi connectivity index (χ1n) is 5.71. The molecule has 1 amide bonds. The molecule has 0 spiro atoms. The number of nitrogen functional groups attached to an aromatic ring is 1. The molecule has 0 radical (unpaired) electrons. The molecule has 4 N–H and O–H groups in total. The van der Waals surface area contributed by atoms with Crippen molar-refractivity contribution in [3.63, 3.8) is 0 Å². The molecule has 0 saturated carbocycles. The van der Waals surface area contributed by atoms with Gasteiger partial charge in [0.05, 0.1) is 0 Å². The Morgan fingerprint density at radius 1 is 1.41 bits per heavy atom. The van der Waals surface area contributed by atoms with E-state index in [0.717, 1.165) is 31.6 Å². The van der Waals surface area contributed by atoms with Crippen LogP contribution in [0.5, 0.6) is 0 Å². The minimum Gasteiger partial charge on any atom is -0.384 e. The lowest BCUT2D eigenvalue weighted by Gasteiger charge is -2.30. The van der Waals surface area contributed by atoms with Crippen LogP contribution in [-0.4, -0.2) is 29.0 Å². The second kappa shape index (κ2) is 4.57. The van der Waals surface area contributed by atoms with Crippen molar-refractivity contribution in [1.82, 2.24) is 9.97 Å². The van der Waals surface area contributed by atoms with Crippen LogP contribution in [0.15, 0.2) is 6.07 Å². The summed E-state index contributed by atoms with van der Waals surface area (Å²) in [5, 5.41) is 0. The quantitative estimate of drug-likeness (QED) is 0.755. The summed E-state index contributed by atoms with van der Waals surface area (Å²) in [5.74, 6) is 0.887. The second-order valence-corrected chi connectivity index (χ2v) is 4.40. The first-order valence-corrected chi connectivity index (χ1v) is 5.71. The minimum absolute atomic E-state index is 0.0200. The predicted molar refractivity (Wildman–Crippen MR) is 65.3 cm³/mol. The number of amides is 1. The molecule has 1 aromatic rings. The van der Waals surface area contributed by atoms with Gasteiger partial charge in [0.1, 0.15) is 5.82 Å². The van der Waals surface area contributed by atoms with Gasteiger partial charge < -0.3 is 16.4 Å². The Morgan fingerprint density at radius 2 is 2.06 bits per heavy atom. The van der Waals surface area contributed by atoms with Gasteiger partial charge in [0.15, 0.2) is 0 Å². The van der Waals surface area contributed by atoms with Crippen LogP contribution in [0.25, 0.3) is 0 Å². The minimum atomic E-state index is -0.214. The topological polar surface area (TPSA) is 98.1 Å². The van der Waals surface area contributed by atoms with Gasteiger partial charge in [-0.05, 0) is 19.8 Å². The van der Waals surface area contributed by atoms with E-state index in [9.17, 15) is 4.79 Å². The molecule has 1 aliphatic rings. The molecule has 92 valence electrons. The molecule has 1 fully saturated rings. The number of aromatic nitrogens is 2. The number of carbonyl (C=O) groups excluding carboxylic acids is 1. The Bertz CT molecular complexity index is 406. The van der Waals surface area contributed by atoms with Gasteiger partial charge >= 0.3 is 0 Å². The van der Waals surface area contributed by atoms with Crippen LogP contribution in [0.3, 0.4) is 0 Å². The van der Waals surface area contributed by atoms with Crippen molar-refractivity contribution < 1.29 is 4.79 Å². The fraction of sp³-hybridized carbons (Fsp3) is 0.545. The Balaban J connectivity index is 2.07. The highest BCUT2D eigenvalue weighted by Gasteiger charge is 2.24. The van der Waals surface area contributed by atoms with Gasteiger partial charge in [0.25, 0.3) is 0 Å². The summed E-state index contributed by atoms with van der Waals surface area (Å²) in [6.45, 7) is 3.38. The summed E-state index contributed by atoms with van der Waals surface area (Å²) in [5.41, 5.74) is 11.8. The molecule has 0 unspecified atom stereocenters. The van der Waals surface area contributed by atoms with Crippen molar-refractivity contribution >= 4 is 17.7 Å².